The van der Waals surface area contributed by atoms with Gasteiger partial charge < -0.3 is 10.6 Å². The lowest BCUT2D eigenvalue weighted by Crippen LogP contribution is -2.15. The SMILES string of the molecule is CC(C)c1ccc(NC(=O)c2ccnc(NC3CC3)n2)cc1. The Morgan fingerprint density at radius 3 is 2.55 bits per heavy atom. The standard InChI is InChI=1S/C17H20N4O/c1-11(2)12-3-5-13(6-4-12)19-16(22)15-9-10-18-17(21-15)20-14-7-8-14/h3-6,9-11,14H,7-8H2,1-2H3,(H,19,22)(H,18,20,21). The van der Waals surface area contributed by atoms with Gasteiger partial charge in [-0.15, -0.1) is 0 Å². The summed E-state index contributed by atoms with van der Waals surface area (Å²) in [6, 6.07) is 9.97. The predicted molar refractivity (Wildman–Crippen MR) is 87.2 cm³/mol. The molecule has 1 heterocycles. The quantitative estimate of drug-likeness (QED) is 0.887. The van der Waals surface area contributed by atoms with E-state index in [0.29, 0.717) is 23.6 Å². The third-order valence-corrected chi connectivity index (χ3v) is 3.63. The van der Waals surface area contributed by atoms with Crippen LogP contribution in [0, 0.1) is 0 Å². The van der Waals surface area contributed by atoms with E-state index < -0.39 is 0 Å². The Labute approximate surface area is 130 Å². The smallest absolute Gasteiger partial charge is 0.274 e. The highest BCUT2D eigenvalue weighted by atomic mass is 16.1. The first-order chi connectivity index (χ1) is 10.6. The second-order valence-electron chi connectivity index (χ2n) is 5.91. The normalized spacial score (nSPS) is 14.0. The number of nitrogens with zero attached hydrogens (tertiary/aromatic N) is 2. The molecule has 0 bridgehead atoms. The average Bonchev–Trinajstić information content (AvgIpc) is 3.32. The minimum atomic E-state index is -0.224. The minimum Gasteiger partial charge on any atom is -0.351 e. The zero-order chi connectivity index (χ0) is 15.5. The molecular weight excluding hydrogens is 276 g/mol. The molecule has 1 amide bonds. The van der Waals surface area contributed by atoms with E-state index >= 15 is 0 Å². The number of benzene rings is 1. The van der Waals surface area contributed by atoms with Gasteiger partial charge in [0, 0.05) is 17.9 Å². The summed E-state index contributed by atoms with van der Waals surface area (Å²) < 4.78 is 0. The fourth-order valence-electron chi connectivity index (χ4n) is 2.11. The van der Waals surface area contributed by atoms with Gasteiger partial charge in [-0.25, -0.2) is 9.97 Å². The van der Waals surface area contributed by atoms with Crippen molar-refractivity contribution >= 4 is 17.5 Å². The maximum atomic E-state index is 12.3. The van der Waals surface area contributed by atoms with Gasteiger partial charge in [0.15, 0.2) is 0 Å². The van der Waals surface area contributed by atoms with Crippen LogP contribution in [-0.2, 0) is 0 Å². The maximum Gasteiger partial charge on any atom is 0.274 e. The highest BCUT2D eigenvalue weighted by Gasteiger charge is 2.22. The molecule has 1 aromatic carbocycles. The average molecular weight is 296 g/mol. The maximum absolute atomic E-state index is 12.3. The Kier molecular flexibility index (Phi) is 4.04. The largest absolute Gasteiger partial charge is 0.351 e. The van der Waals surface area contributed by atoms with E-state index in [4.69, 9.17) is 0 Å². The van der Waals surface area contributed by atoms with Gasteiger partial charge in [0.1, 0.15) is 5.69 Å². The zero-order valence-electron chi connectivity index (χ0n) is 12.8. The third kappa shape index (κ3) is 3.61. The summed E-state index contributed by atoms with van der Waals surface area (Å²) in [6.45, 7) is 4.28. The molecule has 0 unspecified atom stereocenters. The number of hydrogen-bond donors (Lipinski definition) is 2. The highest BCUT2D eigenvalue weighted by molar-refractivity contribution is 6.02. The van der Waals surface area contributed by atoms with Crippen molar-refractivity contribution in [2.24, 2.45) is 0 Å². The van der Waals surface area contributed by atoms with Crippen LogP contribution in [0.1, 0.15) is 48.7 Å². The first-order valence-electron chi connectivity index (χ1n) is 7.63. The Balaban J connectivity index is 1.68. The van der Waals surface area contributed by atoms with Crippen molar-refractivity contribution in [3.63, 3.8) is 0 Å². The van der Waals surface area contributed by atoms with Crippen LogP contribution in [0.2, 0.25) is 0 Å². The van der Waals surface area contributed by atoms with Gasteiger partial charge in [-0.3, -0.25) is 4.79 Å². The van der Waals surface area contributed by atoms with Gasteiger partial charge in [-0.2, -0.15) is 0 Å². The number of aromatic nitrogens is 2. The molecule has 5 nitrogen and oxygen atoms in total. The van der Waals surface area contributed by atoms with Crippen molar-refractivity contribution in [3.05, 3.63) is 47.8 Å². The molecule has 2 N–H and O–H groups in total. The van der Waals surface area contributed by atoms with Crippen LogP contribution in [0.3, 0.4) is 0 Å². The molecular formula is C17H20N4O. The zero-order valence-corrected chi connectivity index (χ0v) is 12.8. The van der Waals surface area contributed by atoms with Crippen LogP contribution in [-0.4, -0.2) is 21.9 Å². The van der Waals surface area contributed by atoms with Gasteiger partial charge in [-0.1, -0.05) is 26.0 Å². The molecule has 1 fully saturated rings. The molecule has 0 aliphatic heterocycles. The summed E-state index contributed by atoms with van der Waals surface area (Å²) in [5.74, 6) is 0.770. The fourth-order valence-corrected chi connectivity index (χ4v) is 2.11. The van der Waals surface area contributed by atoms with Crippen LogP contribution in [0.25, 0.3) is 0 Å². The number of amides is 1. The first kappa shape index (κ1) is 14.5. The van der Waals surface area contributed by atoms with E-state index in [-0.39, 0.29) is 5.91 Å². The van der Waals surface area contributed by atoms with Crippen LogP contribution < -0.4 is 10.6 Å². The predicted octanol–water partition coefficient (Wildman–Crippen LogP) is 3.43. The number of anilines is 2. The number of nitrogens with one attached hydrogen (secondary N) is 2. The molecule has 1 aliphatic rings. The van der Waals surface area contributed by atoms with Gasteiger partial charge in [0.25, 0.3) is 5.91 Å². The van der Waals surface area contributed by atoms with Crippen molar-refractivity contribution in [3.8, 4) is 0 Å². The second kappa shape index (κ2) is 6.13. The molecule has 2 aromatic rings. The van der Waals surface area contributed by atoms with Crippen molar-refractivity contribution < 1.29 is 4.79 Å². The fraction of sp³-hybridized carbons (Fsp3) is 0.353. The highest BCUT2D eigenvalue weighted by Crippen LogP contribution is 2.23. The summed E-state index contributed by atoms with van der Waals surface area (Å²) in [5.41, 5.74) is 2.38. The Hall–Kier alpha value is -2.43. The molecule has 0 spiro atoms. The van der Waals surface area contributed by atoms with Gasteiger partial charge in [0.2, 0.25) is 5.95 Å². The molecule has 114 valence electrons. The Bertz CT molecular complexity index is 663. The summed E-state index contributed by atoms with van der Waals surface area (Å²) in [5, 5.41) is 6.06. The van der Waals surface area contributed by atoms with Crippen LogP contribution in [0.15, 0.2) is 36.5 Å². The minimum absolute atomic E-state index is 0.224. The first-order valence-corrected chi connectivity index (χ1v) is 7.63. The van der Waals surface area contributed by atoms with Crippen LogP contribution in [0.5, 0.6) is 0 Å². The van der Waals surface area contributed by atoms with Gasteiger partial charge in [-0.05, 0) is 42.5 Å². The Morgan fingerprint density at radius 2 is 1.91 bits per heavy atom. The second-order valence-corrected chi connectivity index (χ2v) is 5.91. The topological polar surface area (TPSA) is 66.9 Å². The Morgan fingerprint density at radius 1 is 1.18 bits per heavy atom. The number of hydrogen-bond acceptors (Lipinski definition) is 4. The lowest BCUT2D eigenvalue weighted by molar-refractivity contribution is 0.102. The van der Waals surface area contributed by atoms with Crippen molar-refractivity contribution in [1.82, 2.24) is 9.97 Å². The van der Waals surface area contributed by atoms with E-state index in [1.165, 1.54) is 5.56 Å². The van der Waals surface area contributed by atoms with Gasteiger partial charge in [0.05, 0.1) is 0 Å². The van der Waals surface area contributed by atoms with E-state index in [0.717, 1.165) is 18.5 Å². The van der Waals surface area contributed by atoms with Gasteiger partial charge >= 0.3 is 0 Å². The van der Waals surface area contributed by atoms with Crippen molar-refractivity contribution in [2.45, 2.75) is 38.6 Å². The number of carbonyl (C=O) groups is 1. The molecule has 1 aliphatic carbocycles. The van der Waals surface area contributed by atoms with Crippen molar-refractivity contribution in [2.75, 3.05) is 10.6 Å². The molecule has 3 rings (SSSR count). The van der Waals surface area contributed by atoms with E-state index in [9.17, 15) is 4.79 Å². The van der Waals surface area contributed by atoms with E-state index in [1.807, 2.05) is 24.3 Å². The van der Waals surface area contributed by atoms with Crippen LogP contribution in [0.4, 0.5) is 11.6 Å². The summed E-state index contributed by atoms with van der Waals surface area (Å²) in [6.07, 6.45) is 3.89. The molecule has 5 heteroatoms. The molecule has 22 heavy (non-hydrogen) atoms. The van der Waals surface area contributed by atoms with Crippen molar-refractivity contribution in [1.29, 1.82) is 0 Å². The monoisotopic (exact) mass is 296 g/mol. The molecule has 0 radical (unpaired) electrons. The summed E-state index contributed by atoms with van der Waals surface area (Å²) in [4.78, 5) is 20.7. The molecule has 1 aromatic heterocycles. The number of rotatable bonds is 5. The van der Waals surface area contributed by atoms with Crippen LogP contribution >= 0.6 is 0 Å². The molecule has 1 saturated carbocycles. The summed E-state index contributed by atoms with van der Waals surface area (Å²) >= 11 is 0. The number of carbonyl (C=O) groups excluding carboxylic acids is 1. The molecule has 0 saturated heterocycles. The van der Waals surface area contributed by atoms with E-state index in [2.05, 4.69) is 34.4 Å². The van der Waals surface area contributed by atoms with E-state index in [1.54, 1.807) is 12.3 Å². The summed E-state index contributed by atoms with van der Waals surface area (Å²) in [7, 11) is 0. The lowest BCUT2D eigenvalue weighted by atomic mass is 10.0. The molecule has 0 atom stereocenters. The lowest BCUT2D eigenvalue weighted by Gasteiger charge is -2.09. The third-order valence-electron chi connectivity index (χ3n) is 3.63.